The fraction of sp³-hybridized carbons (Fsp3) is 0. The molecule has 0 saturated carbocycles. The third-order valence-electron chi connectivity index (χ3n) is 0.273. The molecule has 4 nitrogen and oxygen atoms in total. The van der Waals surface area contributed by atoms with Crippen molar-refractivity contribution in [3.8, 4) is 0 Å². The van der Waals surface area contributed by atoms with E-state index in [-0.39, 0.29) is 29.6 Å². The van der Waals surface area contributed by atoms with E-state index in [9.17, 15) is 8.42 Å². The normalized spacial score (nSPS) is 9.44. The molecule has 0 unspecified atom stereocenters. The minimum absolute atomic E-state index is 0. The Kier molecular flexibility index (Phi) is 7.15. The summed E-state index contributed by atoms with van der Waals surface area (Å²) in [6.45, 7) is 3.87. The summed E-state index contributed by atoms with van der Waals surface area (Å²) in [4.78, 5) is 0. The van der Waals surface area contributed by atoms with E-state index < -0.39 is 10.4 Å². The first-order valence-electron chi connectivity index (χ1n) is 1.66. The fourth-order valence-electron chi connectivity index (χ4n) is 0.109. The van der Waals surface area contributed by atoms with Gasteiger partial charge in [-0.05, 0) is 0 Å². The van der Waals surface area contributed by atoms with Gasteiger partial charge < -0.3 is 4.18 Å². The van der Waals surface area contributed by atoms with Crippen LogP contribution in [0.2, 0.25) is 0 Å². The van der Waals surface area contributed by atoms with Crippen molar-refractivity contribution in [1.29, 1.82) is 0 Å². The average Bonchev–Trinajstić information content (AvgIpc) is 1.59. The summed E-state index contributed by atoms with van der Waals surface area (Å²) < 4.78 is 30.8. The smallest absolute Gasteiger partial charge is 0.314 e. The fourth-order valence-corrected chi connectivity index (χ4v) is 0.328. The van der Waals surface area contributed by atoms with E-state index in [0.717, 1.165) is 12.7 Å². The standard InChI is InChI=1S/C3H5O4S.Na/c1-2-3-7-8(4,5)6;/h2-3H,1H2,(H,4,5,6);/q-1;+1. The van der Waals surface area contributed by atoms with Crippen LogP contribution in [0.4, 0.5) is 0 Å². The third-order valence-corrected chi connectivity index (χ3v) is 0.628. The zero-order chi connectivity index (χ0) is 6.62. The summed E-state index contributed by atoms with van der Waals surface area (Å²) >= 11 is 0. The summed E-state index contributed by atoms with van der Waals surface area (Å²) in [6.07, 6.45) is 1.09. The van der Waals surface area contributed by atoms with Gasteiger partial charge in [0.05, 0.1) is 0 Å². The van der Waals surface area contributed by atoms with Gasteiger partial charge in [-0.15, -0.1) is 0 Å². The molecule has 9 heavy (non-hydrogen) atoms. The summed E-state index contributed by atoms with van der Waals surface area (Å²) in [7, 11) is -4.31. The Hall–Kier alpha value is 0.480. The first-order chi connectivity index (χ1) is 3.56. The van der Waals surface area contributed by atoms with Crippen molar-refractivity contribution in [2.24, 2.45) is 0 Å². The molecule has 0 atom stereocenters. The van der Waals surface area contributed by atoms with Gasteiger partial charge in [-0.2, -0.15) is 8.42 Å². The Morgan fingerprint density at radius 3 is 2.22 bits per heavy atom. The maximum atomic E-state index is 9.64. The van der Waals surface area contributed by atoms with Gasteiger partial charge in [-0.25, -0.2) is 12.7 Å². The Bertz CT molecular complexity index is 161. The van der Waals surface area contributed by atoms with Crippen LogP contribution in [-0.4, -0.2) is 13.0 Å². The molecule has 0 aliphatic carbocycles. The second-order valence-electron chi connectivity index (χ2n) is 0.896. The van der Waals surface area contributed by atoms with Gasteiger partial charge in [0.25, 0.3) is 0 Å². The minimum Gasteiger partial charge on any atom is -0.314 e. The Morgan fingerprint density at radius 1 is 1.67 bits per heavy atom. The molecule has 0 rings (SSSR count). The molecular weight excluding hydrogens is 155 g/mol. The van der Waals surface area contributed by atoms with Crippen LogP contribution in [-0.2, 0) is 14.6 Å². The zero-order valence-electron chi connectivity index (χ0n) is 4.94. The molecule has 1 N–H and O–H groups in total. The van der Waals surface area contributed by atoms with E-state index in [0.29, 0.717) is 0 Å². The Labute approximate surface area is 76.1 Å². The molecule has 0 aromatic heterocycles. The van der Waals surface area contributed by atoms with Crippen molar-refractivity contribution in [2.45, 2.75) is 0 Å². The van der Waals surface area contributed by atoms with Crippen LogP contribution in [0.1, 0.15) is 0 Å². The summed E-state index contributed by atoms with van der Waals surface area (Å²) in [5, 5.41) is 0. The molecule has 0 aliphatic rings. The van der Waals surface area contributed by atoms with Gasteiger partial charge in [-0.1, -0.05) is 6.61 Å². The molecule has 0 radical (unpaired) electrons. The van der Waals surface area contributed by atoms with Crippen LogP contribution in [0, 0.1) is 6.61 Å². The van der Waals surface area contributed by atoms with Gasteiger partial charge in [0.15, 0.2) is 0 Å². The van der Waals surface area contributed by atoms with E-state index in [1.54, 1.807) is 0 Å². The Morgan fingerprint density at radius 2 is 2.11 bits per heavy atom. The first-order valence-corrected chi connectivity index (χ1v) is 3.03. The van der Waals surface area contributed by atoms with E-state index >= 15 is 0 Å². The van der Waals surface area contributed by atoms with Crippen molar-refractivity contribution in [2.75, 3.05) is 0 Å². The topological polar surface area (TPSA) is 63.6 Å². The van der Waals surface area contributed by atoms with E-state index in [4.69, 9.17) is 4.55 Å². The minimum atomic E-state index is -4.31. The largest absolute Gasteiger partial charge is 1.00 e. The van der Waals surface area contributed by atoms with E-state index in [2.05, 4.69) is 10.8 Å². The maximum Gasteiger partial charge on any atom is 1.00 e. The molecule has 48 valence electrons. The Balaban J connectivity index is 0. The third kappa shape index (κ3) is 11.9. The van der Waals surface area contributed by atoms with E-state index in [1.165, 1.54) is 0 Å². The molecule has 0 saturated heterocycles. The summed E-state index contributed by atoms with van der Waals surface area (Å²) in [5.41, 5.74) is 0. The molecule has 0 aromatic rings. The number of rotatable bonds is 3. The van der Waals surface area contributed by atoms with Crippen LogP contribution in [0.15, 0.2) is 12.7 Å². The van der Waals surface area contributed by atoms with Crippen molar-refractivity contribution in [3.05, 3.63) is 19.3 Å². The second kappa shape index (κ2) is 5.28. The van der Waals surface area contributed by atoms with Gasteiger partial charge in [0.1, 0.15) is 0 Å². The zero-order valence-corrected chi connectivity index (χ0v) is 7.76. The molecule has 0 amide bonds. The number of hydrogen-bond acceptors (Lipinski definition) is 3. The van der Waals surface area contributed by atoms with Crippen LogP contribution in [0.3, 0.4) is 0 Å². The van der Waals surface area contributed by atoms with Gasteiger partial charge in [0, 0.05) is 0 Å². The van der Waals surface area contributed by atoms with Crippen molar-refractivity contribution in [1.82, 2.24) is 0 Å². The molecule has 0 aromatic carbocycles. The molecule has 0 heterocycles. The molecule has 0 spiro atoms. The molecular formula is C3H5NaO4S. The monoisotopic (exact) mass is 160 g/mol. The van der Waals surface area contributed by atoms with Gasteiger partial charge >= 0.3 is 40.0 Å². The summed E-state index contributed by atoms with van der Waals surface area (Å²) in [5.74, 6) is 0. The van der Waals surface area contributed by atoms with Crippen molar-refractivity contribution < 1.29 is 46.7 Å². The van der Waals surface area contributed by atoms with Crippen LogP contribution in [0.5, 0.6) is 0 Å². The quantitative estimate of drug-likeness (QED) is 0.274. The average molecular weight is 160 g/mol. The predicted molar refractivity (Wildman–Crippen MR) is 27.1 cm³/mol. The van der Waals surface area contributed by atoms with Crippen molar-refractivity contribution in [3.63, 3.8) is 0 Å². The molecule has 0 fully saturated rings. The molecule has 6 heteroatoms. The van der Waals surface area contributed by atoms with Crippen LogP contribution >= 0.6 is 0 Å². The second-order valence-corrected chi connectivity index (χ2v) is 1.94. The predicted octanol–water partition coefficient (Wildman–Crippen LogP) is -2.84. The van der Waals surface area contributed by atoms with E-state index in [1.807, 2.05) is 0 Å². The van der Waals surface area contributed by atoms with Gasteiger partial charge in [-0.3, -0.25) is 4.55 Å². The molecule has 0 bridgehead atoms. The van der Waals surface area contributed by atoms with Crippen LogP contribution in [0.25, 0.3) is 0 Å². The summed E-state index contributed by atoms with van der Waals surface area (Å²) in [6, 6.07) is 0. The van der Waals surface area contributed by atoms with Crippen LogP contribution < -0.4 is 29.6 Å². The SMILES string of the molecule is C=C[CH-]OS(=O)(=O)O.[Na+]. The molecule has 0 aliphatic heterocycles. The first kappa shape index (κ1) is 12.2. The van der Waals surface area contributed by atoms with Gasteiger partial charge in [0.2, 0.25) is 0 Å². The maximum absolute atomic E-state index is 9.64. The van der Waals surface area contributed by atoms with Crippen molar-refractivity contribution >= 4 is 10.4 Å². The number of hydrogen-bond donors (Lipinski definition) is 1.